The normalized spacial score (nSPS) is 16.2. The maximum Gasteiger partial charge on any atom is 0.263 e. The highest BCUT2D eigenvalue weighted by Crippen LogP contribution is 2.16. The molecule has 0 aromatic heterocycles. The number of rotatable bonds is 4. The van der Waals surface area contributed by atoms with Crippen LogP contribution in [0.1, 0.15) is 25.3 Å². The van der Waals surface area contributed by atoms with Crippen molar-refractivity contribution < 1.29 is 9.53 Å². The molecule has 1 fully saturated rings. The number of carbonyl (C=O) groups is 1. The van der Waals surface area contributed by atoms with Crippen molar-refractivity contribution in [1.29, 1.82) is 0 Å². The molecule has 4 nitrogen and oxygen atoms in total. The van der Waals surface area contributed by atoms with Crippen LogP contribution in [0.5, 0.6) is 5.75 Å². The van der Waals surface area contributed by atoms with Crippen LogP contribution in [-0.4, -0.2) is 35.0 Å². The van der Waals surface area contributed by atoms with Crippen molar-refractivity contribution >= 4 is 23.1 Å². The topological polar surface area (TPSA) is 55.6 Å². The number of nitrogens with two attached hydrogens (primary N) is 1. The summed E-state index contributed by atoms with van der Waals surface area (Å²) in [6, 6.07) is 7.15. The molecule has 0 spiro atoms. The van der Waals surface area contributed by atoms with Gasteiger partial charge in [0.1, 0.15) is 10.7 Å². The van der Waals surface area contributed by atoms with Gasteiger partial charge in [0, 0.05) is 18.7 Å². The Bertz CT molecular complexity index is 467. The van der Waals surface area contributed by atoms with Gasteiger partial charge >= 0.3 is 0 Å². The van der Waals surface area contributed by atoms with Crippen molar-refractivity contribution in [3.05, 3.63) is 29.8 Å². The first-order valence-corrected chi connectivity index (χ1v) is 6.84. The van der Waals surface area contributed by atoms with Crippen molar-refractivity contribution in [3.8, 4) is 5.75 Å². The van der Waals surface area contributed by atoms with E-state index in [1.165, 1.54) is 0 Å². The van der Waals surface area contributed by atoms with Gasteiger partial charge in [-0.2, -0.15) is 0 Å². The molecule has 2 rings (SSSR count). The summed E-state index contributed by atoms with van der Waals surface area (Å²) >= 11 is 4.88. The molecule has 1 aliphatic rings. The average Bonchev–Trinajstić information content (AvgIpc) is 2.92. The Morgan fingerprint density at radius 1 is 1.32 bits per heavy atom. The van der Waals surface area contributed by atoms with Crippen molar-refractivity contribution in [2.75, 3.05) is 13.1 Å². The van der Waals surface area contributed by atoms with E-state index in [1.807, 2.05) is 4.90 Å². The Hall–Kier alpha value is -1.62. The fourth-order valence-electron chi connectivity index (χ4n) is 2.15. The van der Waals surface area contributed by atoms with Crippen molar-refractivity contribution in [3.63, 3.8) is 0 Å². The molecule has 0 aliphatic carbocycles. The van der Waals surface area contributed by atoms with E-state index in [4.69, 9.17) is 22.7 Å². The van der Waals surface area contributed by atoms with Crippen LogP contribution in [0.15, 0.2) is 24.3 Å². The Morgan fingerprint density at radius 2 is 1.89 bits per heavy atom. The molecule has 1 aromatic carbocycles. The second-order valence-corrected chi connectivity index (χ2v) is 5.12. The summed E-state index contributed by atoms with van der Waals surface area (Å²) < 4.78 is 5.65. The maximum atomic E-state index is 12.1. The number of likely N-dealkylation sites (tertiary alicyclic amines) is 1. The van der Waals surface area contributed by atoms with Gasteiger partial charge in [-0.15, -0.1) is 0 Å². The summed E-state index contributed by atoms with van der Waals surface area (Å²) in [4.78, 5) is 14.3. The highest BCUT2D eigenvalue weighted by Gasteiger charge is 2.24. The van der Waals surface area contributed by atoms with E-state index in [0.29, 0.717) is 10.7 Å². The third-order valence-electron chi connectivity index (χ3n) is 3.22. The summed E-state index contributed by atoms with van der Waals surface area (Å²) in [5.41, 5.74) is 6.32. The molecule has 1 heterocycles. The van der Waals surface area contributed by atoms with E-state index in [-0.39, 0.29) is 5.91 Å². The number of ether oxygens (including phenoxy) is 1. The molecule has 1 amide bonds. The third-order valence-corrected chi connectivity index (χ3v) is 3.45. The minimum atomic E-state index is -0.464. The van der Waals surface area contributed by atoms with E-state index in [1.54, 1.807) is 31.2 Å². The first-order valence-electron chi connectivity index (χ1n) is 6.43. The fourth-order valence-corrected chi connectivity index (χ4v) is 2.28. The number of hydrogen-bond acceptors (Lipinski definition) is 3. The average molecular weight is 278 g/mol. The third kappa shape index (κ3) is 3.44. The van der Waals surface area contributed by atoms with E-state index in [2.05, 4.69) is 0 Å². The molecule has 102 valence electrons. The smallest absolute Gasteiger partial charge is 0.263 e. The van der Waals surface area contributed by atoms with Crippen LogP contribution < -0.4 is 10.5 Å². The zero-order valence-electron chi connectivity index (χ0n) is 11.0. The Balaban J connectivity index is 1.96. The predicted molar refractivity (Wildman–Crippen MR) is 78.2 cm³/mol. The van der Waals surface area contributed by atoms with Crippen LogP contribution in [0.4, 0.5) is 0 Å². The standard InChI is InChI=1S/C14H18N2O2S/c1-10(14(17)16-8-2-3-9-16)18-12-6-4-11(5-7-12)13(15)19/h4-7,10H,2-3,8-9H2,1H3,(H2,15,19). The Morgan fingerprint density at radius 3 is 2.42 bits per heavy atom. The van der Waals surface area contributed by atoms with Gasteiger partial charge in [-0.1, -0.05) is 12.2 Å². The van der Waals surface area contributed by atoms with Gasteiger partial charge in [-0.25, -0.2) is 0 Å². The van der Waals surface area contributed by atoms with Gasteiger partial charge in [0.2, 0.25) is 0 Å². The highest BCUT2D eigenvalue weighted by atomic mass is 32.1. The summed E-state index contributed by atoms with van der Waals surface area (Å²) in [6.45, 7) is 3.46. The van der Waals surface area contributed by atoms with Gasteiger partial charge < -0.3 is 15.4 Å². The largest absolute Gasteiger partial charge is 0.481 e. The van der Waals surface area contributed by atoms with Crippen LogP contribution in [0.2, 0.25) is 0 Å². The number of benzene rings is 1. The lowest BCUT2D eigenvalue weighted by Crippen LogP contribution is -2.38. The van der Waals surface area contributed by atoms with Gasteiger partial charge in [0.25, 0.3) is 5.91 Å². The van der Waals surface area contributed by atoms with Gasteiger partial charge in [0.15, 0.2) is 6.10 Å². The lowest BCUT2D eigenvalue weighted by Gasteiger charge is -2.21. The monoisotopic (exact) mass is 278 g/mol. The van der Waals surface area contributed by atoms with E-state index >= 15 is 0 Å². The van der Waals surface area contributed by atoms with E-state index in [0.717, 1.165) is 31.5 Å². The number of amides is 1. The minimum absolute atomic E-state index is 0.0518. The number of nitrogens with zero attached hydrogens (tertiary/aromatic N) is 1. The molecular formula is C14H18N2O2S. The number of thiocarbonyl (C=S) groups is 1. The van der Waals surface area contributed by atoms with Crippen LogP contribution in [-0.2, 0) is 4.79 Å². The second-order valence-electron chi connectivity index (χ2n) is 4.68. The first kappa shape index (κ1) is 13.8. The highest BCUT2D eigenvalue weighted by molar-refractivity contribution is 7.80. The first-order chi connectivity index (χ1) is 9.08. The molecule has 1 atom stereocenters. The lowest BCUT2D eigenvalue weighted by molar-refractivity contribution is -0.136. The molecule has 2 N–H and O–H groups in total. The van der Waals surface area contributed by atoms with Crippen LogP contribution >= 0.6 is 12.2 Å². The fraction of sp³-hybridized carbons (Fsp3) is 0.429. The Labute approximate surface area is 118 Å². The zero-order valence-corrected chi connectivity index (χ0v) is 11.8. The summed E-state index contributed by atoms with van der Waals surface area (Å²) in [5.74, 6) is 0.705. The molecule has 0 radical (unpaired) electrons. The van der Waals surface area contributed by atoms with Gasteiger partial charge in [0.05, 0.1) is 0 Å². The second kappa shape index (κ2) is 6.02. The van der Waals surface area contributed by atoms with Crippen LogP contribution in [0.3, 0.4) is 0 Å². The molecule has 0 bridgehead atoms. The summed E-state index contributed by atoms with van der Waals surface area (Å²) in [5, 5.41) is 0. The SMILES string of the molecule is CC(Oc1ccc(C(N)=S)cc1)C(=O)N1CCCC1. The van der Waals surface area contributed by atoms with E-state index in [9.17, 15) is 4.79 Å². The number of carbonyl (C=O) groups excluding carboxylic acids is 1. The summed E-state index contributed by atoms with van der Waals surface area (Å²) in [6.07, 6.45) is 1.70. The van der Waals surface area contributed by atoms with Gasteiger partial charge in [-0.3, -0.25) is 4.79 Å². The van der Waals surface area contributed by atoms with Crippen molar-refractivity contribution in [1.82, 2.24) is 4.90 Å². The minimum Gasteiger partial charge on any atom is -0.481 e. The number of hydrogen-bond donors (Lipinski definition) is 1. The molecule has 19 heavy (non-hydrogen) atoms. The lowest BCUT2D eigenvalue weighted by atomic mass is 10.2. The van der Waals surface area contributed by atoms with Crippen LogP contribution in [0, 0.1) is 0 Å². The molecule has 1 saturated heterocycles. The quantitative estimate of drug-likeness (QED) is 0.852. The van der Waals surface area contributed by atoms with Crippen molar-refractivity contribution in [2.45, 2.75) is 25.9 Å². The zero-order chi connectivity index (χ0) is 13.8. The Kier molecular flexibility index (Phi) is 4.37. The van der Waals surface area contributed by atoms with Crippen molar-refractivity contribution in [2.24, 2.45) is 5.73 Å². The molecule has 1 aromatic rings. The molecule has 0 saturated carbocycles. The molecule has 1 unspecified atom stereocenters. The van der Waals surface area contributed by atoms with Gasteiger partial charge in [-0.05, 0) is 44.0 Å². The van der Waals surface area contributed by atoms with Crippen LogP contribution in [0.25, 0.3) is 0 Å². The molecule has 1 aliphatic heterocycles. The summed E-state index contributed by atoms with van der Waals surface area (Å²) in [7, 11) is 0. The van der Waals surface area contributed by atoms with E-state index < -0.39 is 6.10 Å². The molecule has 5 heteroatoms. The maximum absolute atomic E-state index is 12.1. The molecular weight excluding hydrogens is 260 g/mol. The predicted octanol–water partition coefficient (Wildman–Crippen LogP) is 1.71.